The van der Waals surface area contributed by atoms with Crippen molar-refractivity contribution in [3.05, 3.63) is 58.4 Å². The minimum absolute atomic E-state index is 0.132. The molecule has 2 aromatic rings. The molecule has 0 radical (unpaired) electrons. The minimum Gasteiger partial charge on any atom is -0.350 e. The third kappa shape index (κ3) is 3.19. The summed E-state index contributed by atoms with van der Waals surface area (Å²) < 4.78 is 1.28. The van der Waals surface area contributed by atoms with Gasteiger partial charge in [-0.1, -0.05) is 30.3 Å². The highest BCUT2D eigenvalue weighted by atomic mass is 16.6. The summed E-state index contributed by atoms with van der Waals surface area (Å²) in [5.74, 6) is -0.244. The van der Waals surface area contributed by atoms with Gasteiger partial charge >= 0.3 is 5.69 Å². The van der Waals surface area contributed by atoms with Crippen LogP contribution in [0.4, 0.5) is 5.69 Å². The molecule has 0 saturated heterocycles. The second-order valence-corrected chi connectivity index (χ2v) is 4.32. The Morgan fingerprint density at radius 3 is 2.75 bits per heavy atom. The summed E-state index contributed by atoms with van der Waals surface area (Å²) in [5.41, 5.74) is 0.854. The van der Waals surface area contributed by atoms with E-state index in [2.05, 4.69) is 10.4 Å². The third-order valence-corrected chi connectivity index (χ3v) is 2.88. The van der Waals surface area contributed by atoms with Crippen LogP contribution in [0.25, 0.3) is 0 Å². The van der Waals surface area contributed by atoms with Crippen LogP contribution in [0.3, 0.4) is 0 Å². The standard InChI is InChI=1S/C13H14N4O3/c1-10(16-9-12(8-15-16)17(19)20)13(18)14-7-11-5-3-2-4-6-11/h2-6,8-10H,7H2,1H3,(H,14,18)/t10-/m0/s1. The fourth-order valence-electron chi connectivity index (χ4n) is 1.69. The van der Waals surface area contributed by atoms with Crippen molar-refractivity contribution >= 4 is 11.6 Å². The first kappa shape index (κ1) is 13.7. The maximum atomic E-state index is 12.0. The fourth-order valence-corrected chi connectivity index (χ4v) is 1.69. The number of hydrogen-bond donors (Lipinski definition) is 1. The molecule has 1 amide bonds. The smallest absolute Gasteiger partial charge is 0.307 e. The molecule has 1 atom stereocenters. The summed E-state index contributed by atoms with van der Waals surface area (Å²) in [6.45, 7) is 2.05. The average molecular weight is 274 g/mol. The van der Waals surface area contributed by atoms with Crippen molar-refractivity contribution < 1.29 is 9.72 Å². The highest BCUT2D eigenvalue weighted by Gasteiger charge is 2.18. The van der Waals surface area contributed by atoms with E-state index in [0.717, 1.165) is 11.8 Å². The topological polar surface area (TPSA) is 90.1 Å². The van der Waals surface area contributed by atoms with Gasteiger partial charge < -0.3 is 5.32 Å². The molecule has 104 valence electrons. The summed E-state index contributed by atoms with van der Waals surface area (Å²) in [5, 5.41) is 17.2. The first-order valence-corrected chi connectivity index (χ1v) is 6.08. The van der Waals surface area contributed by atoms with Crippen molar-refractivity contribution in [3.63, 3.8) is 0 Å². The largest absolute Gasteiger partial charge is 0.350 e. The number of carbonyl (C=O) groups is 1. The molecule has 1 aromatic carbocycles. The Labute approximate surface area is 115 Å². The van der Waals surface area contributed by atoms with E-state index < -0.39 is 11.0 Å². The molecular weight excluding hydrogens is 260 g/mol. The van der Waals surface area contributed by atoms with Crippen LogP contribution < -0.4 is 5.32 Å². The maximum Gasteiger partial charge on any atom is 0.307 e. The van der Waals surface area contributed by atoms with E-state index in [9.17, 15) is 14.9 Å². The first-order chi connectivity index (χ1) is 9.58. The van der Waals surface area contributed by atoms with Gasteiger partial charge in [-0.25, -0.2) is 0 Å². The average Bonchev–Trinajstić information content (AvgIpc) is 2.95. The van der Waals surface area contributed by atoms with Gasteiger partial charge in [0.1, 0.15) is 18.4 Å². The predicted octanol–water partition coefficient (Wildman–Crippen LogP) is 1.67. The van der Waals surface area contributed by atoms with E-state index in [1.807, 2.05) is 30.3 Å². The normalized spacial score (nSPS) is 11.8. The zero-order valence-corrected chi connectivity index (χ0v) is 10.9. The summed E-state index contributed by atoms with van der Waals surface area (Å²) >= 11 is 0. The molecule has 7 heteroatoms. The molecule has 0 aliphatic carbocycles. The number of hydrogen-bond acceptors (Lipinski definition) is 4. The molecule has 0 saturated carbocycles. The Bertz CT molecular complexity index is 609. The predicted molar refractivity (Wildman–Crippen MR) is 71.9 cm³/mol. The van der Waals surface area contributed by atoms with E-state index in [1.165, 1.54) is 10.9 Å². The number of nitrogens with zero attached hydrogens (tertiary/aromatic N) is 3. The highest BCUT2D eigenvalue weighted by Crippen LogP contribution is 2.13. The van der Waals surface area contributed by atoms with Crippen LogP contribution in [-0.4, -0.2) is 20.6 Å². The van der Waals surface area contributed by atoms with Gasteiger partial charge in [0.25, 0.3) is 0 Å². The van der Waals surface area contributed by atoms with Gasteiger partial charge in [-0.2, -0.15) is 5.10 Å². The Morgan fingerprint density at radius 2 is 2.15 bits per heavy atom. The van der Waals surface area contributed by atoms with Crippen molar-refractivity contribution in [1.82, 2.24) is 15.1 Å². The van der Waals surface area contributed by atoms with Crippen molar-refractivity contribution in [2.75, 3.05) is 0 Å². The maximum absolute atomic E-state index is 12.0. The molecule has 20 heavy (non-hydrogen) atoms. The number of benzene rings is 1. The summed E-state index contributed by atoms with van der Waals surface area (Å²) in [6.07, 6.45) is 2.37. The number of aromatic nitrogens is 2. The van der Waals surface area contributed by atoms with Crippen LogP contribution in [0.2, 0.25) is 0 Å². The SMILES string of the molecule is C[C@@H](C(=O)NCc1ccccc1)n1cc([N+](=O)[O-])cn1. The summed E-state index contributed by atoms with van der Waals surface area (Å²) in [6, 6.07) is 8.89. The van der Waals surface area contributed by atoms with E-state index in [-0.39, 0.29) is 11.6 Å². The zero-order chi connectivity index (χ0) is 14.5. The second kappa shape index (κ2) is 5.96. The Balaban J connectivity index is 1.96. The lowest BCUT2D eigenvalue weighted by Crippen LogP contribution is -2.30. The van der Waals surface area contributed by atoms with E-state index >= 15 is 0 Å². The molecule has 0 unspecified atom stereocenters. The molecule has 0 aliphatic heterocycles. The van der Waals surface area contributed by atoms with Gasteiger partial charge in [0.15, 0.2) is 0 Å². The lowest BCUT2D eigenvalue weighted by molar-refractivity contribution is -0.385. The Kier molecular flexibility index (Phi) is 4.09. The molecule has 7 nitrogen and oxygen atoms in total. The van der Waals surface area contributed by atoms with Crippen LogP contribution in [0.1, 0.15) is 18.5 Å². The van der Waals surface area contributed by atoms with Crippen molar-refractivity contribution in [2.24, 2.45) is 0 Å². The molecular formula is C13H14N4O3. The lowest BCUT2D eigenvalue weighted by Gasteiger charge is -2.12. The molecule has 2 rings (SSSR count). The Morgan fingerprint density at radius 1 is 1.45 bits per heavy atom. The Hall–Kier alpha value is -2.70. The zero-order valence-electron chi connectivity index (χ0n) is 10.9. The first-order valence-electron chi connectivity index (χ1n) is 6.08. The van der Waals surface area contributed by atoms with Crippen molar-refractivity contribution in [1.29, 1.82) is 0 Å². The van der Waals surface area contributed by atoms with E-state index in [4.69, 9.17) is 0 Å². The van der Waals surface area contributed by atoms with Gasteiger partial charge in [-0.3, -0.25) is 19.6 Å². The molecule has 0 bridgehead atoms. The number of amides is 1. The van der Waals surface area contributed by atoms with Crippen molar-refractivity contribution in [3.8, 4) is 0 Å². The fraction of sp³-hybridized carbons (Fsp3) is 0.231. The van der Waals surface area contributed by atoms with Crippen LogP contribution in [0, 0.1) is 10.1 Å². The molecule has 1 N–H and O–H groups in total. The molecule has 1 heterocycles. The van der Waals surface area contributed by atoms with Gasteiger partial charge in [-0.05, 0) is 12.5 Å². The van der Waals surface area contributed by atoms with Gasteiger partial charge in [-0.15, -0.1) is 0 Å². The van der Waals surface area contributed by atoms with E-state index in [0.29, 0.717) is 6.54 Å². The van der Waals surface area contributed by atoms with Crippen LogP contribution in [-0.2, 0) is 11.3 Å². The summed E-state index contributed by atoms with van der Waals surface area (Å²) in [4.78, 5) is 22.0. The number of rotatable bonds is 5. The third-order valence-electron chi connectivity index (χ3n) is 2.88. The quantitative estimate of drug-likeness (QED) is 0.663. The monoisotopic (exact) mass is 274 g/mol. The highest BCUT2D eigenvalue weighted by molar-refractivity contribution is 5.79. The van der Waals surface area contributed by atoms with Gasteiger partial charge in [0, 0.05) is 6.54 Å². The van der Waals surface area contributed by atoms with Crippen molar-refractivity contribution in [2.45, 2.75) is 19.5 Å². The second-order valence-electron chi connectivity index (χ2n) is 4.32. The molecule has 0 fully saturated rings. The molecule has 0 spiro atoms. The van der Waals surface area contributed by atoms with Crippen LogP contribution in [0.5, 0.6) is 0 Å². The number of nitrogens with one attached hydrogen (secondary N) is 1. The molecule has 0 aliphatic rings. The van der Waals surface area contributed by atoms with Gasteiger partial charge in [0.2, 0.25) is 5.91 Å². The molecule has 1 aromatic heterocycles. The lowest BCUT2D eigenvalue weighted by atomic mass is 10.2. The van der Waals surface area contributed by atoms with Crippen LogP contribution >= 0.6 is 0 Å². The minimum atomic E-state index is -0.604. The van der Waals surface area contributed by atoms with Crippen LogP contribution in [0.15, 0.2) is 42.7 Å². The summed E-state index contributed by atoms with van der Waals surface area (Å²) in [7, 11) is 0. The number of carbonyl (C=O) groups excluding carboxylic acids is 1. The van der Waals surface area contributed by atoms with E-state index in [1.54, 1.807) is 6.92 Å². The number of nitro groups is 1. The van der Waals surface area contributed by atoms with Gasteiger partial charge in [0.05, 0.1) is 4.92 Å².